The third kappa shape index (κ3) is 4.34. The number of pyridine rings is 1. The number of thioether (sulfide) groups is 1. The van der Waals surface area contributed by atoms with Gasteiger partial charge >= 0.3 is 0 Å². The first-order chi connectivity index (χ1) is 16.3. The van der Waals surface area contributed by atoms with Gasteiger partial charge in [0.1, 0.15) is 0 Å². The van der Waals surface area contributed by atoms with E-state index in [2.05, 4.69) is 6.07 Å². The van der Waals surface area contributed by atoms with Gasteiger partial charge in [-0.3, -0.25) is 4.79 Å². The molecule has 2 aliphatic rings. The van der Waals surface area contributed by atoms with Gasteiger partial charge in [0.15, 0.2) is 0 Å². The minimum atomic E-state index is -3.49. The van der Waals surface area contributed by atoms with Gasteiger partial charge < -0.3 is 4.90 Å². The first kappa shape index (κ1) is 23.3. The maximum absolute atomic E-state index is 13.2. The van der Waals surface area contributed by atoms with Crippen LogP contribution in [0.3, 0.4) is 0 Å². The molecule has 2 aliphatic heterocycles. The van der Waals surface area contributed by atoms with E-state index >= 15 is 0 Å². The standard InChI is InChI=1S/C26H29N3O3S2/c1-18-16-25(33-19(2)26(30)29-15-12-20-8-4-5-9-24(20)29)27-23-11-10-21(17-22(18)23)34(31,32)28-13-6-3-7-14-28/h4-5,8-11,16-17,19H,3,6-7,12-15H2,1-2H3/t19-/m1/s1. The van der Waals surface area contributed by atoms with E-state index < -0.39 is 10.0 Å². The van der Waals surface area contributed by atoms with Gasteiger partial charge in [-0.25, -0.2) is 13.4 Å². The molecule has 3 heterocycles. The molecule has 1 atom stereocenters. The average molecular weight is 496 g/mol. The Morgan fingerprint density at radius 3 is 2.59 bits per heavy atom. The highest BCUT2D eigenvalue weighted by atomic mass is 32.2. The quantitative estimate of drug-likeness (QED) is 0.476. The summed E-state index contributed by atoms with van der Waals surface area (Å²) in [4.78, 5) is 20.1. The van der Waals surface area contributed by atoms with Crippen LogP contribution >= 0.6 is 11.8 Å². The third-order valence-corrected chi connectivity index (χ3v) is 9.62. The zero-order valence-electron chi connectivity index (χ0n) is 19.5. The Kier molecular flexibility index (Phi) is 6.39. The molecule has 0 aliphatic carbocycles. The fourth-order valence-corrected chi connectivity index (χ4v) is 7.37. The topological polar surface area (TPSA) is 70.6 Å². The number of rotatable bonds is 5. The van der Waals surface area contributed by atoms with Crippen molar-refractivity contribution >= 4 is 44.3 Å². The molecule has 34 heavy (non-hydrogen) atoms. The highest BCUT2D eigenvalue weighted by molar-refractivity contribution is 8.00. The van der Waals surface area contributed by atoms with E-state index in [9.17, 15) is 13.2 Å². The number of sulfonamides is 1. The fraction of sp³-hybridized carbons (Fsp3) is 0.385. The third-order valence-electron chi connectivity index (χ3n) is 6.71. The van der Waals surface area contributed by atoms with Gasteiger partial charge in [0, 0.05) is 30.7 Å². The molecule has 3 aromatic rings. The lowest BCUT2D eigenvalue weighted by Gasteiger charge is -2.26. The van der Waals surface area contributed by atoms with E-state index in [4.69, 9.17) is 4.98 Å². The molecule has 0 spiro atoms. The predicted octanol–water partition coefficient (Wildman–Crippen LogP) is 4.79. The second kappa shape index (κ2) is 9.32. The van der Waals surface area contributed by atoms with Gasteiger partial charge in [-0.1, -0.05) is 36.4 Å². The van der Waals surface area contributed by atoms with E-state index in [1.165, 1.54) is 17.3 Å². The molecule has 1 aromatic heterocycles. The summed E-state index contributed by atoms with van der Waals surface area (Å²) < 4.78 is 27.8. The maximum Gasteiger partial charge on any atom is 0.243 e. The summed E-state index contributed by atoms with van der Waals surface area (Å²) in [6.45, 7) is 5.76. The van der Waals surface area contributed by atoms with Crippen LogP contribution in [0.25, 0.3) is 10.9 Å². The molecule has 1 fully saturated rings. The van der Waals surface area contributed by atoms with Gasteiger partial charge in [-0.05, 0) is 74.6 Å². The van der Waals surface area contributed by atoms with E-state index in [0.29, 0.717) is 24.5 Å². The normalized spacial score (nSPS) is 17.6. The van der Waals surface area contributed by atoms with Crippen LogP contribution < -0.4 is 4.90 Å². The number of aryl methyl sites for hydroxylation is 1. The van der Waals surface area contributed by atoms with Gasteiger partial charge in [-0.2, -0.15) is 4.31 Å². The number of para-hydroxylation sites is 1. The molecule has 6 nitrogen and oxygen atoms in total. The molecule has 178 valence electrons. The van der Waals surface area contributed by atoms with Gasteiger partial charge in [-0.15, -0.1) is 0 Å². The van der Waals surface area contributed by atoms with Crippen LogP contribution in [0.15, 0.2) is 58.5 Å². The monoisotopic (exact) mass is 495 g/mol. The molecule has 2 aromatic carbocycles. The molecule has 0 N–H and O–H groups in total. The van der Waals surface area contributed by atoms with Crippen molar-refractivity contribution < 1.29 is 13.2 Å². The number of amides is 1. The first-order valence-corrected chi connectivity index (χ1v) is 14.1. The molecular weight excluding hydrogens is 466 g/mol. The highest BCUT2D eigenvalue weighted by Crippen LogP contribution is 2.33. The largest absolute Gasteiger partial charge is 0.311 e. The molecule has 0 unspecified atom stereocenters. The average Bonchev–Trinajstić information content (AvgIpc) is 3.28. The number of carbonyl (C=O) groups is 1. The summed E-state index contributed by atoms with van der Waals surface area (Å²) in [5.41, 5.74) is 3.91. The number of anilines is 1. The number of aromatic nitrogens is 1. The first-order valence-electron chi connectivity index (χ1n) is 11.8. The van der Waals surface area contributed by atoms with Crippen molar-refractivity contribution in [3.05, 3.63) is 59.7 Å². The number of fused-ring (bicyclic) bond motifs is 2. The summed E-state index contributed by atoms with van der Waals surface area (Å²) >= 11 is 1.45. The number of hydrogen-bond donors (Lipinski definition) is 0. The number of piperidine rings is 1. The second-order valence-corrected chi connectivity index (χ2v) is 12.3. The molecule has 1 amide bonds. The Labute approximate surface area is 205 Å². The van der Waals surface area contributed by atoms with Crippen molar-refractivity contribution in [2.45, 2.75) is 54.7 Å². The molecule has 0 radical (unpaired) electrons. The Morgan fingerprint density at radius 2 is 1.79 bits per heavy atom. The smallest absolute Gasteiger partial charge is 0.243 e. The fourth-order valence-electron chi connectivity index (χ4n) is 4.84. The van der Waals surface area contributed by atoms with Crippen LogP contribution in [0, 0.1) is 6.92 Å². The summed E-state index contributed by atoms with van der Waals surface area (Å²) in [6.07, 6.45) is 3.79. The molecule has 0 saturated carbocycles. The summed E-state index contributed by atoms with van der Waals surface area (Å²) in [7, 11) is -3.49. The van der Waals surface area contributed by atoms with Gasteiger partial charge in [0.2, 0.25) is 15.9 Å². The predicted molar refractivity (Wildman–Crippen MR) is 137 cm³/mol. The zero-order valence-corrected chi connectivity index (χ0v) is 21.2. The molecule has 8 heteroatoms. The van der Waals surface area contributed by atoms with E-state index in [-0.39, 0.29) is 11.2 Å². The minimum Gasteiger partial charge on any atom is -0.311 e. The van der Waals surface area contributed by atoms with E-state index in [1.807, 2.05) is 43.0 Å². The van der Waals surface area contributed by atoms with Crippen molar-refractivity contribution in [3.8, 4) is 0 Å². The molecule has 1 saturated heterocycles. The summed E-state index contributed by atoms with van der Waals surface area (Å²) in [5, 5.41) is 1.31. The maximum atomic E-state index is 13.2. The molecule has 0 bridgehead atoms. The highest BCUT2D eigenvalue weighted by Gasteiger charge is 2.29. The summed E-state index contributed by atoms with van der Waals surface area (Å²) in [5.74, 6) is 0.0810. The van der Waals surface area contributed by atoms with Crippen molar-refractivity contribution in [2.75, 3.05) is 24.5 Å². The van der Waals surface area contributed by atoms with Crippen LogP contribution in [0.5, 0.6) is 0 Å². The van der Waals surface area contributed by atoms with Crippen molar-refractivity contribution in [1.29, 1.82) is 0 Å². The SMILES string of the molecule is Cc1cc(S[C@H](C)C(=O)N2CCc3ccccc32)nc2ccc(S(=O)(=O)N3CCCCC3)cc12. The van der Waals surface area contributed by atoms with Crippen LogP contribution in [0.4, 0.5) is 5.69 Å². The van der Waals surface area contributed by atoms with Crippen molar-refractivity contribution in [2.24, 2.45) is 0 Å². The number of nitrogens with zero attached hydrogens (tertiary/aromatic N) is 3. The zero-order chi connectivity index (χ0) is 23.9. The van der Waals surface area contributed by atoms with Crippen LogP contribution in [-0.4, -0.2) is 48.5 Å². The number of benzene rings is 2. The Bertz CT molecular complexity index is 1350. The molecule has 5 rings (SSSR count). The van der Waals surface area contributed by atoms with Gasteiger partial charge in [0.25, 0.3) is 0 Å². The second-order valence-electron chi connectivity index (χ2n) is 9.05. The van der Waals surface area contributed by atoms with Crippen LogP contribution in [0.1, 0.15) is 37.3 Å². The van der Waals surface area contributed by atoms with Crippen molar-refractivity contribution in [3.63, 3.8) is 0 Å². The lowest BCUT2D eigenvalue weighted by atomic mass is 10.1. The van der Waals surface area contributed by atoms with Crippen LogP contribution in [-0.2, 0) is 21.2 Å². The van der Waals surface area contributed by atoms with Gasteiger partial charge in [0.05, 0.1) is 20.7 Å². The number of carbonyl (C=O) groups excluding carboxylic acids is 1. The van der Waals surface area contributed by atoms with Crippen LogP contribution in [0.2, 0.25) is 0 Å². The lowest BCUT2D eigenvalue weighted by molar-refractivity contribution is -0.117. The number of hydrogen-bond acceptors (Lipinski definition) is 5. The molecular formula is C26H29N3O3S2. The Hall–Kier alpha value is -2.42. The Balaban J connectivity index is 1.37. The van der Waals surface area contributed by atoms with E-state index in [0.717, 1.165) is 52.9 Å². The minimum absolute atomic E-state index is 0.0810. The lowest BCUT2D eigenvalue weighted by Crippen LogP contribution is -2.35. The Morgan fingerprint density at radius 1 is 1.03 bits per heavy atom. The summed E-state index contributed by atoms with van der Waals surface area (Å²) in [6, 6.07) is 15.2. The van der Waals surface area contributed by atoms with E-state index in [1.54, 1.807) is 22.5 Å². The van der Waals surface area contributed by atoms with Crippen molar-refractivity contribution in [1.82, 2.24) is 9.29 Å².